The number of hydrogen-bond donors (Lipinski definition) is 1. The second-order valence-corrected chi connectivity index (χ2v) is 7.43. The molecule has 0 radical (unpaired) electrons. The molecule has 1 aromatic carbocycles. The van der Waals surface area contributed by atoms with Gasteiger partial charge in [0.1, 0.15) is 5.82 Å². The zero-order chi connectivity index (χ0) is 15.8. The summed E-state index contributed by atoms with van der Waals surface area (Å²) in [5.41, 5.74) is 0.951. The zero-order valence-electron chi connectivity index (χ0n) is 12.8. The molecule has 2 aromatic rings. The number of halogens is 1. The molecule has 3 heterocycles. The largest absolute Gasteiger partial charge is 0.336 e. The van der Waals surface area contributed by atoms with E-state index in [-0.39, 0.29) is 11.7 Å². The van der Waals surface area contributed by atoms with E-state index < -0.39 is 0 Å². The van der Waals surface area contributed by atoms with Gasteiger partial charge in [0.15, 0.2) is 0 Å². The maximum absolute atomic E-state index is 13.0. The monoisotopic (exact) mass is 330 g/mol. The second-order valence-electron chi connectivity index (χ2n) is 6.35. The second kappa shape index (κ2) is 6.06. The molecular formula is C18H19FN2OS. The van der Waals surface area contributed by atoms with Gasteiger partial charge in [0.2, 0.25) is 0 Å². The first-order valence-corrected chi connectivity index (χ1v) is 8.92. The van der Waals surface area contributed by atoms with Gasteiger partial charge in [0, 0.05) is 30.1 Å². The predicted octanol–water partition coefficient (Wildman–Crippen LogP) is 3.52. The Morgan fingerprint density at radius 3 is 2.70 bits per heavy atom. The van der Waals surface area contributed by atoms with Crippen LogP contribution >= 0.6 is 11.3 Å². The van der Waals surface area contributed by atoms with Crippen molar-refractivity contribution in [3.05, 3.63) is 47.1 Å². The highest BCUT2D eigenvalue weighted by molar-refractivity contribution is 7.17. The molecule has 1 N–H and O–H groups in total. The molecule has 0 aliphatic carbocycles. The Labute approximate surface area is 139 Å². The molecule has 0 spiro atoms. The van der Waals surface area contributed by atoms with Crippen LogP contribution in [0, 0.1) is 5.82 Å². The fourth-order valence-electron chi connectivity index (χ4n) is 3.51. The molecule has 2 aliphatic heterocycles. The summed E-state index contributed by atoms with van der Waals surface area (Å²) >= 11 is 1.49. The smallest absolute Gasteiger partial charge is 0.263 e. The summed E-state index contributed by atoms with van der Waals surface area (Å²) in [7, 11) is 0. The maximum atomic E-state index is 13.0. The van der Waals surface area contributed by atoms with Crippen LogP contribution in [0.1, 0.15) is 28.9 Å². The third kappa shape index (κ3) is 3.03. The number of nitrogens with one attached hydrogen (secondary N) is 1. The molecule has 2 saturated heterocycles. The SMILES string of the molecule is O=C(c1ccc(-c2ccc(F)cc2)s1)N1CCC2CCC(C1)N2. The highest BCUT2D eigenvalue weighted by atomic mass is 32.1. The Kier molecular flexibility index (Phi) is 3.91. The van der Waals surface area contributed by atoms with E-state index >= 15 is 0 Å². The summed E-state index contributed by atoms with van der Waals surface area (Å²) in [5.74, 6) is -0.119. The molecule has 3 nitrogen and oxygen atoms in total. The normalized spacial score (nSPS) is 23.8. The van der Waals surface area contributed by atoms with Crippen LogP contribution in [-0.4, -0.2) is 36.0 Å². The third-order valence-electron chi connectivity index (χ3n) is 4.76. The van der Waals surface area contributed by atoms with Gasteiger partial charge in [0.05, 0.1) is 4.88 Å². The summed E-state index contributed by atoms with van der Waals surface area (Å²) in [6, 6.07) is 11.3. The van der Waals surface area contributed by atoms with E-state index in [4.69, 9.17) is 0 Å². The van der Waals surface area contributed by atoms with E-state index in [2.05, 4.69) is 5.32 Å². The Hall–Kier alpha value is -1.72. The van der Waals surface area contributed by atoms with Gasteiger partial charge in [-0.05, 0) is 49.1 Å². The molecule has 2 aliphatic rings. The summed E-state index contributed by atoms with van der Waals surface area (Å²) in [6.45, 7) is 1.63. The van der Waals surface area contributed by atoms with Crippen LogP contribution in [0.4, 0.5) is 4.39 Å². The van der Waals surface area contributed by atoms with E-state index in [1.165, 1.54) is 36.3 Å². The van der Waals surface area contributed by atoms with Crippen LogP contribution in [0.25, 0.3) is 10.4 Å². The fraction of sp³-hybridized carbons (Fsp3) is 0.389. The average molecular weight is 330 g/mol. The highest BCUT2D eigenvalue weighted by Gasteiger charge is 2.31. The van der Waals surface area contributed by atoms with Gasteiger partial charge in [-0.3, -0.25) is 4.79 Å². The number of hydrogen-bond acceptors (Lipinski definition) is 3. The van der Waals surface area contributed by atoms with Gasteiger partial charge in [-0.25, -0.2) is 4.39 Å². The zero-order valence-corrected chi connectivity index (χ0v) is 13.6. The Morgan fingerprint density at radius 1 is 1.09 bits per heavy atom. The first kappa shape index (κ1) is 14.8. The van der Waals surface area contributed by atoms with E-state index in [9.17, 15) is 9.18 Å². The molecule has 2 unspecified atom stereocenters. The van der Waals surface area contributed by atoms with E-state index in [0.29, 0.717) is 12.1 Å². The van der Waals surface area contributed by atoms with Crippen LogP contribution in [0.2, 0.25) is 0 Å². The van der Waals surface area contributed by atoms with E-state index in [1.54, 1.807) is 12.1 Å². The quantitative estimate of drug-likeness (QED) is 0.914. The van der Waals surface area contributed by atoms with Crippen LogP contribution in [-0.2, 0) is 0 Å². The van der Waals surface area contributed by atoms with Crippen molar-refractivity contribution in [2.75, 3.05) is 13.1 Å². The van der Waals surface area contributed by atoms with Crippen molar-refractivity contribution in [2.24, 2.45) is 0 Å². The van der Waals surface area contributed by atoms with Gasteiger partial charge in [-0.15, -0.1) is 11.3 Å². The topological polar surface area (TPSA) is 32.3 Å². The average Bonchev–Trinajstić information content (AvgIpc) is 3.14. The number of carbonyl (C=O) groups is 1. The Morgan fingerprint density at radius 2 is 1.87 bits per heavy atom. The van der Waals surface area contributed by atoms with Crippen molar-refractivity contribution in [3.63, 3.8) is 0 Å². The number of benzene rings is 1. The maximum Gasteiger partial charge on any atom is 0.263 e. The molecule has 2 fully saturated rings. The molecule has 1 amide bonds. The lowest BCUT2D eigenvalue weighted by Gasteiger charge is -2.23. The van der Waals surface area contributed by atoms with Gasteiger partial charge in [-0.1, -0.05) is 12.1 Å². The molecule has 2 bridgehead atoms. The van der Waals surface area contributed by atoms with Crippen molar-refractivity contribution in [1.29, 1.82) is 0 Å². The number of fused-ring (bicyclic) bond motifs is 2. The number of nitrogens with zero attached hydrogens (tertiary/aromatic N) is 1. The highest BCUT2D eigenvalue weighted by Crippen LogP contribution is 2.30. The molecule has 23 heavy (non-hydrogen) atoms. The number of rotatable bonds is 2. The molecule has 120 valence electrons. The minimum absolute atomic E-state index is 0.123. The number of likely N-dealkylation sites (tertiary alicyclic amines) is 1. The van der Waals surface area contributed by atoms with E-state index in [0.717, 1.165) is 34.8 Å². The first-order valence-electron chi connectivity index (χ1n) is 8.10. The standard InChI is InChI=1S/C18H19FN2OS/c19-13-3-1-12(2-4-13)16-7-8-17(23-16)18(22)21-10-9-14-5-6-15(11-21)20-14/h1-4,7-8,14-15,20H,5-6,9-11H2. The number of thiophene rings is 1. The molecule has 4 rings (SSSR count). The van der Waals surface area contributed by atoms with Gasteiger partial charge < -0.3 is 10.2 Å². The van der Waals surface area contributed by atoms with Crippen LogP contribution in [0.5, 0.6) is 0 Å². The minimum atomic E-state index is -0.242. The van der Waals surface area contributed by atoms with E-state index in [1.807, 2.05) is 17.0 Å². The molecule has 1 aromatic heterocycles. The molecule has 0 saturated carbocycles. The number of carbonyl (C=O) groups excluding carboxylic acids is 1. The fourth-order valence-corrected chi connectivity index (χ4v) is 4.48. The summed E-state index contributed by atoms with van der Waals surface area (Å²) in [5, 5.41) is 3.60. The van der Waals surface area contributed by atoms with Crippen molar-refractivity contribution < 1.29 is 9.18 Å². The van der Waals surface area contributed by atoms with Crippen molar-refractivity contribution in [3.8, 4) is 10.4 Å². The van der Waals surface area contributed by atoms with Crippen LogP contribution in [0.3, 0.4) is 0 Å². The Balaban J connectivity index is 1.51. The number of amides is 1. The molecule has 2 atom stereocenters. The summed E-state index contributed by atoms with van der Waals surface area (Å²) in [4.78, 5) is 16.5. The Bertz CT molecular complexity index is 712. The van der Waals surface area contributed by atoms with Crippen molar-refractivity contribution in [2.45, 2.75) is 31.3 Å². The molecular weight excluding hydrogens is 311 g/mol. The summed E-state index contributed by atoms with van der Waals surface area (Å²) in [6.07, 6.45) is 3.44. The lowest BCUT2D eigenvalue weighted by Crippen LogP contribution is -2.38. The van der Waals surface area contributed by atoms with Crippen LogP contribution < -0.4 is 5.32 Å². The van der Waals surface area contributed by atoms with Gasteiger partial charge >= 0.3 is 0 Å². The molecule has 5 heteroatoms. The lowest BCUT2D eigenvalue weighted by atomic mass is 10.1. The predicted molar refractivity (Wildman–Crippen MR) is 90.2 cm³/mol. The lowest BCUT2D eigenvalue weighted by molar-refractivity contribution is 0.0753. The van der Waals surface area contributed by atoms with Crippen molar-refractivity contribution in [1.82, 2.24) is 10.2 Å². The van der Waals surface area contributed by atoms with Gasteiger partial charge in [-0.2, -0.15) is 0 Å². The first-order chi connectivity index (χ1) is 11.2. The third-order valence-corrected chi connectivity index (χ3v) is 5.88. The van der Waals surface area contributed by atoms with Crippen molar-refractivity contribution >= 4 is 17.2 Å². The minimum Gasteiger partial charge on any atom is -0.336 e. The van der Waals surface area contributed by atoms with Crippen LogP contribution in [0.15, 0.2) is 36.4 Å². The van der Waals surface area contributed by atoms with Gasteiger partial charge in [0.25, 0.3) is 5.91 Å². The summed E-state index contributed by atoms with van der Waals surface area (Å²) < 4.78 is 13.0.